The lowest BCUT2D eigenvalue weighted by molar-refractivity contribution is -0.126. The van der Waals surface area contributed by atoms with E-state index in [0.29, 0.717) is 13.1 Å². The minimum atomic E-state index is -2.49. The van der Waals surface area contributed by atoms with E-state index in [9.17, 15) is 13.6 Å². The predicted octanol–water partition coefficient (Wildman–Crippen LogP) is 1.27. The van der Waals surface area contributed by atoms with Crippen LogP contribution in [0.15, 0.2) is 6.20 Å². The van der Waals surface area contributed by atoms with Crippen LogP contribution in [0.25, 0.3) is 0 Å². The lowest BCUT2D eigenvalue weighted by Gasteiger charge is -2.37. The van der Waals surface area contributed by atoms with Gasteiger partial charge in [-0.15, -0.1) is 11.3 Å². The number of hydrogen-bond donors (Lipinski definition) is 1. The molecule has 2 heterocycles. The SMILES string of the molecule is Cc1cnc(N2CC(C(=O)NCC(F)F)C2)s1. The molecular weight excluding hydrogens is 248 g/mol. The number of alkyl halides is 2. The number of aryl methyl sites for hydroxylation is 1. The topological polar surface area (TPSA) is 45.2 Å². The Balaban J connectivity index is 1.77. The molecule has 0 bridgehead atoms. The second-order valence-corrected chi connectivity index (χ2v) is 5.20. The third-order valence-corrected chi connectivity index (χ3v) is 3.54. The molecule has 0 saturated carbocycles. The molecule has 0 aromatic carbocycles. The van der Waals surface area contributed by atoms with Crippen molar-refractivity contribution >= 4 is 22.4 Å². The van der Waals surface area contributed by atoms with Crippen molar-refractivity contribution in [3.63, 3.8) is 0 Å². The van der Waals surface area contributed by atoms with Crippen molar-refractivity contribution in [3.05, 3.63) is 11.1 Å². The normalized spacial score (nSPS) is 16.1. The summed E-state index contributed by atoms with van der Waals surface area (Å²) in [5.74, 6) is -0.493. The van der Waals surface area contributed by atoms with Gasteiger partial charge in [0.05, 0.1) is 12.5 Å². The van der Waals surface area contributed by atoms with Gasteiger partial charge in [-0.2, -0.15) is 0 Å². The minimum absolute atomic E-state index is 0.196. The van der Waals surface area contributed by atoms with E-state index >= 15 is 0 Å². The number of amides is 1. The maximum atomic E-state index is 11.9. The Kier molecular flexibility index (Phi) is 3.56. The fraction of sp³-hybridized carbons (Fsp3) is 0.600. The molecule has 7 heteroatoms. The van der Waals surface area contributed by atoms with Gasteiger partial charge in [-0.05, 0) is 6.92 Å². The number of carbonyl (C=O) groups excluding carboxylic acids is 1. The van der Waals surface area contributed by atoms with Crippen LogP contribution in [0.5, 0.6) is 0 Å². The molecule has 1 saturated heterocycles. The molecule has 0 radical (unpaired) electrons. The number of nitrogens with one attached hydrogen (secondary N) is 1. The molecule has 0 unspecified atom stereocenters. The largest absolute Gasteiger partial charge is 0.350 e. The number of anilines is 1. The molecule has 94 valence electrons. The molecule has 0 aliphatic carbocycles. The Morgan fingerprint density at radius 3 is 2.94 bits per heavy atom. The van der Waals surface area contributed by atoms with Crippen LogP contribution in [0, 0.1) is 12.8 Å². The monoisotopic (exact) mass is 261 g/mol. The first-order valence-corrected chi connectivity index (χ1v) is 6.11. The van der Waals surface area contributed by atoms with Gasteiger partial charge in [-0.25, -0.2) is 13.8 Å². The molecule has 1 aliphatic heterocycles. The Hall–Kier alpha value is -1.24. The average Bonchev–Trinajstić information content (AvgIpc) is 2.59. The zero-order chi connectivity index (χ0) is 12.4. The maximum Gasteiger partial charge on any atom is 0.255 e. The molecule has 4 nitrogen and oxygen atoms in total. The van der Waals surface area contributed by atoms with Crippen molar-refractivity contribution in [1.29, 1.82) is 0 Å². The summed E-state index contributed by atoms with van der Waals surface area (Å²) in [6.45, 7) is 2.52. The molecule has 0 spiro atoms. The number of thiazole rings is 1. The summed E-state index contributed by atoms with van der Waals surface area (Å²) < 4.78 is 23.8. The van der Waals surface area contributed by atoms with Crippen LogP contribution in [-0.2, 0) is 4.79 Å². The molecule has 1 fully saturated rings. The van der Waals surface area contributed by atoms with Gasteiger partial charge in [0, 0.05) is 24.2 Å². The van der Waals surface area contributed by atoms with Gasteiger partial charge in [-0.3, -0.25) is 4.79 Å². The molecule has 0 atom stereocenters. The first kappa shape index (κ1) is 12.2. The fourth-order valence-corrected chi connectivity index (χ4v) is 2.39. The lowest BCUT2D eigenvalue weighted by atomic mass is 10.0. The molecule has 1 aliphatic rings. The minimum Gasteiger partial charge on any atom is -0.350 e. The van der Waals surface area contributed by atoms with E-state index in [2.05, 4.69) is 10.3 Å². The number of rotatable bonds is 4. The summed E-state index contributed by atoms with van der Waals surface area (Å²) in [6, 6.07) is 0. The van der Waals surface area contributed by atoms with Crippen LogP contribution >= 0.6 is 11.3 Å². The van der Waals surface area contributed by atoms with E-state index in [-0.39, 0.29) is 11.8 Å². The van der Waals surface area contributed by atoms with Gasteiger partial charge in [-0.1, -0.05) is 0 Å². The Morgan fingerprint density at radius 1 is 1.71 bits per heavy atom. The predicted molar refractivity (Wildman–Crippen MR) is 61.6 cm³/mol. The van der Waals surface area contributed by atoms with E-state index in [0.717, 1.165) is 10.0 Å². The third kappa shape index (κ3) is 2.91. The second-order valence-electron chi connectivity index (χ2n) is 3.99. The third-order valence-electron chi connectivity index (χ3n) is 2.56. The zero-order valence-corrected chi connectivity index (χ0v) is 10.1. The molecule has 1 amide bonds. The van der Waals surface area contributed by atoms with Gasteiger partial charge in [0.1, 0.15) is 0 Å². The van der Waals surface area contributed by atoms with Crippen molar-refractivity contribution in [1.82, 2.24) is 10.3 Å². The number of carbonyl (C=O) groups is 1. The Morgan fingerprint density at radius 2 is 2.41 bits per heavy atom. The highest BCUT2D eigenvalue weighted by molar-refractivity contribution is 7.15. The molecule has 1 N–H and O–H groups in total. The summed E-state index contributed by atoms with van der Waals surface area (Å²) >= 11 is 1.57. The molecule has 1 aromatic rings. The van der Waals surface area contributed by atoms with Crippen LogP contribution < -0.4 is 10.2 Å². The summed E-state index contributed by atoms with van der Waals surface area (Å²) in [7, 11) is 0. The highest BCUT2D eigenvalue weighted by Gasteiger charge is 2.34. The zero-order valence-electron chi connectivity index (χ0n) is 9.32. The highest BCUT2D eigenvalue weighted by Crippen LogP contribution is 2.28. The summed E-state index contributed by atoms with van der Waals surface area (Å²) in [6.07, 6.45) is -0.707. The first-order chi connectivity index (χ1) is 8.06. The molecular formula is C10H13F2N3OS. The quantitative estimate of drug-likeness (QED) is 0.887. The maximum absolute atomic E-state index is 11.9. The van der Waals surface area contributed by atoms with Crippen molar-refractivity contribution < 1.29 is 13.6 Å². The fourth-order valence-electron chi connectivity index (χ4n) is 1.61. The number of hydrogen-bond acceptors (Lipinski definition) is 4. The second kappa shape index (κ2) is 4.95. The van der Waals surface area contributed by atoms with Crippen molar-refractivity contribution in [3.8, 4) is 0 Å². The van der Waals surface area contributed by atoms with E-state index in [1.165, 1.54) is 0 Å². The average molecular weight is 261 g/mol. The van der Waals surface area contributed by atoms with E-state index in [1.54, 1.807) is 17.5 Å². The number of aromatic nitrogens is 1. The van der Waals surface area contributed by atoms with Gasteiger partial charge in [0.25, 0.3) is 6.43 Å². The number of halogens is 2. The Bertz CT molecular complexity index is 404. The molecule has 17 heavy (non-hydrogen) atoms. The van der Waals surface area contributed by atoms with Gasteiger partial charge in [0.2, 0.25) is 5.91 Å². The van der Waals surface area contributed by atoms with Crippen LogP contribution in [0.1, 0.15) is 4.88 Å². The smallest absolute Gasteiger partial charge is 0.255 e. The van der Waals surface area contributed by atoms with Crippen molar-refractivity contribution in [2.45, 2.75) is 13.3 Å². The van der Waals surface area contributed by atoms with Crippen molar-refractivity contribution in [2.75, 3.05) is 24.5 Å². The Labute approximate surface area is 102 Å². The van der Waals surface area contributed by atoms with E-state index in [1.807, 2.05) is 11.8 Å². The van der Waals surface area contributed by atoms with Gasteiger partial charge < -0.3 is 10.2 Å². The van der Waals surface area contributed by atoms with Gasteiger partial charge in [0.15, 0.2) is 5.13 Å². The summed E-state index contributed by atoms with van der Waals surface area (Å²) in [5.41, 5.74) is 0. The van der Waals surface area contributed by atoms with Crippen molar-refractivity contribution in [2.24, 2.45) is 5.92 Å². The summed E-state index contributed by atoms with van der Waals surface area (Å²) in [4.78, 5) is 18.7. The van der Waals surface area contributed by atoms with E-state index < -0.39 is 13.0 Å². The standard InChI is InChI=1S/C10H13F2N3OS/c1-6-2-14-10(17-6)15-4-7(5-15)9(16)13-3-8(11)12/h2,7-8H,3-5H2,1H3,(H,13,16). The summed E-state index contributed by atoms with van der Waals surface area (Å²) in [5, 5.41) is 3.12. The lowest BCUT2D eigenvalue weighted by Crippen LogP contribution is -2.54. The van der Waals surface area contributed by atoms with Crippen LogP contribution in [0.2, 0.25) is 0 Å². The van der Waals surface area contributed by atoms with Crippen LogP contribution in [0.4, 0.5) is 13.9 Å². The molecule has 2 rings (SSSR count). The number of nitrogens with zero attached hydrogens (tertiary/aromatic N) is 2. The molecule has 1 aromatic heterocycles. The van der Waals surface area contributed by atoms with Crippen LogP contribution in [0.3, 0.4) is 0 Å². The van der Waals surface area contributed by atoms with Crippen LogP contribution in [-0.4, -0.2) is 37.0 Å². The first-order valence-electron chi connectivity index (χ1n) is 5.29. The van der Waals surface area contributed by atoms with E-state index in [4.69, 9.17) is 0 Å². The highest BCUT2D eigenvalue weighted by atomic mass is 32.1. The van der Waals surface area contributed by atoms with Gasteiger partial charge >= 0.3 is 0 Å².